The molecule has 0 aromatic heterocycles. The van der Waals surface area contributed by atoms with Crippen LogP contribution in [0.15, 0.2) is 36.1 Å². The second-order valence-corrected chi connectivity index (χ2v) is 7.22. The van der Waals surface area contributed by atoms with Crippen LogP contribution in [0.3, 0.4) is 0 Å². The molecule has 5 heteroatoms. The van der Waals surface area contributed by atoms with E-state index >= 15 is 0 Å². The second kappa shape index (κ2) is 8.18. The molecule has 2 amide bonds. The molecule has 0 bridgehead atoms. The molecule has 1 heterocycles. The normalized spacial score (nSPS) is 19.2. The fourth-order valence-electron chi connectivity index (χ4n) is 2.59. The maximum Gasteiger partial charge on any atom is 0.410 e. The van der Waals surface area contributed by atoms with E-state index in [-0.39, 0.29) is 5.91 Å². The van der Waals surface area contributed by atoms with Crippen molar-refractivity contribution in [2.45, 2.75) is 65.5 Å². The summed E-state index contributed by atoms with van der Waals surface area (Å²) in [5, 5.41) is 2.91. The SMILES string of the molecule is C=C/C(C)=C(/NC(=O)C1CCCCN1C(=O)OC(C)(C)C)C(=C)C. The summed E-state index contributed by atoms with van der Waals surface area (Å²) in [4.78, 5) is 26.7. The minimum Gasteiger partial charge on any atom is -0.444 e. The lowest BCUT2D eigenvalue weighted by Gasteiger charge is -2.36. The van der Waals surface area contributed by atoms with Crippen molar-refractivity contribution in [2.24, 2.45) is 0 Å². The van der Waals surface area contributed by atoms with Crippen molar-refractivity contribution in [2.75, 3.05) is 6.54 Å². The van der Waals surface area contributed by atoms with Gasteiger partial charge in [0.15, 0.2) is 0 Å². The molecule has 0 saturated carbocycles. The van der Waals surface area contributed by atoms with Gasteiger partial charge in [0.25, 0.3) is 0 Å². The number of carbonyl (C=O) groups excluding carboxylic acids is 2. The molecule has 1 saturated heterocycles. The van der Waals surface area contributed by atoms with Gasteiger partial charge in [-0.1, -0.05) is 19.2 Å². The highest BCUT2D eigenvalue weighted by atomic mass is 16.6. The fraction of sp³-hybridized carbons (Fsp3) is 0.579. The number of rotatable bonds is 4. The van der Waals surface area contributed by atoms with E-state index in [1.54, 1.807) is 6.08 Å². The number of hydrogen-bond donors (Lipinski definition) is 1. The zero-order chi connectivity index (χ0) is 18.5. The molecule has 0 aromatic rings. The highest BCUT2D eigenvalue weighted by molar-refractivity contribution is 5.87. The Morgan fingerprint density at radius 3 is 2.38 bits per heavy atom. The van der Waals surface area contributed by atoms with Gasteiger partial charge in [-0.15, -0.1) is 0 Å². The first-order chi connectivity index (χ1) is 11.1. The zero-order valence-electron chi connectivity index (χ0n) is 15.6. The van der Waals surface area contributed by atoms with Crippen molar-refractivity contribution in [1.82, 2.24) is 10.2 Å². The van der Waals surface area contributed by atoms with Gasteiger partial charge in [-0.25, -0.2) is 4.79 Å². The number of likely N-dealkylation sites (tertiary alicyclic amines) is 1. The minimum atomic E-state index is -0.586. The van der Waals surface area contributed by atoms with Gasteiger partial charge in [0.2, 0.25) is 5.91 Å². The van der Waals surface area contributed by atoms with Crippen LogP contribution in [0, 0.1) is 0 Å². The molecule has 0 radical (unpaired) electrons. The Kier molecular flexibility index (Phi) is 6.81. The van der Waals surface area contributed by atoms with Gasteiger partial charge in [0.05, 0.1) is 0 Å². The number of allylic oxidation sites excluding steroid dienone is 3. The molecule has 1 atom stereocenters. The molecule has 0 aliphatic carbocycles. The van der Waals surface area contributed by atoms with Crippen LogP contribution < -0.4 is 5.32 Å². The van der Waals surface area contributed by atoms with E-state index in [9.17, 15) is 9.59 Å². The number of amides is 2. The van der Waals surface area contributed by atoms with Gasteiger partial charge in [0, 0.05) is 12.2 Å². The van der Waals surface area contributed by atoms with Gasteiger partial charge in [-0.3, -0.25) is 9.69 Å². The summed E-state index contributed by atoms with van der Waals surface area (Å²) in [6.45, 7) is 17.3. The predicted molar refractivity (Wildman–Crippen MR) is 96.4 cm³/mol. The smallest absolute Gasteiger partial charge is 0.410 e. The molecular formula is C19H30N2O3. The lowest BCUT2D eigenvalue weighted by molar-refractivity contribution is -0.126. The molecule has 5 nitrogen and oxygen atoms in total. The van der Waals surface area contributed by atoms with E-state index in [1.165, 1.54) is 4.90 Å². The number of nitrogens with one attached hydrogen (secondary N) is 1. The summed E-state index contributed by atoms with van der Waals surface area (Å²) in [5.41, 5.74) is 1.66. The van der Waals surface area contributed by atoms with Gasteiger partial charge in [-0.2, -0.15) is 0 Å². The number of carbonyl (C=O) groups is 2. The van der Waals surface area contributed by atoms with Crippen LogP contribution in [0.4, 0.5) is 4.79 Å². The Balaban J connectivity index is 2.95. The van der Waals surface area contributed by atoms with Crippen molar-refractivity contribution < 1.29 is 14.3 Å². The summed E-state index contributed by atoms with van der Waals surface area (Å²) in [5.74, 6) is -0.209. The maximum atomic E-state index is 12.7. The highest BCUT2D eigenvalue weighted by Crippen LogP contribution is 2.21. The molecule has 0 spiro atoms. The Bertz CT molecular complexity index is 555. The van der Waals surface area contributed by atoms with Gasteiger partial charge < -0.3 is 10.1 Å². The van der Waals surface area contributed by atoms with E-state index in [2.05, 4.69) is 18.5 Å². The first-order valence-corrected chi connectivity index (χ1v) is 8.36. The third-order valence-electron chi connectivity index (χ3n) is 3.81. The largest absolute Gasteiger partial charge is 0.444 e. The third kappa shape index (κ3) is 5.55. The van der Waals surface area contributed by atoms with E-state index in [1.807, 2.05) is 34.6 Å². The standard InChI is InChI=1S/C19H30N2O3/c1-8-14(4)16(13(2)3)20-17(22)15-11-9-10-12-21(15)18(23)24-19(5,6)7/h8,15H,1-2,9-12H2,3-7H3,(H,20,22)/b16-14+. The molecule has 1 fully saturated rings. The van der Waals surface area contributed by atoms with Crippen LogP contribution in [0.5, 0.6) is 0 Å². The molecular weight excluding hydrogens is 304 g/mol. The molecule has 1 unspecified atom stereocenters. The molecule has 0 aromatic carbocycles. The van der Waals surface area contributed by atoms with Crippen molar-refractivity contribution in [3.63, 3.8) is 0 Å². The predicted octanol–water partition coefficient (Wildman–Crippen LogP) is 3.93. The van der Waals surface area contributed by atoms with Gasteiger partial charge in [0.1, 0.15) is 11.6 Å². The molecule has 1 aliphatic rings. The van der Waals surface area contributed by atoms with Gasteiger partial charge in [-0.05, 0) is 65.0 Å². The van der Waals surface area contributed by atoms with Crippen molar-refractivity contribution in [1.29, 1.82) is 0 Å². The lowest BCUT2D eigenvalue weighted by atomic mass is 10.0. The Morgan fingerprint density at radius 2 is 1.88 bits per heavy atom. The van der Waals surface area contributed by atoms with E-state index in [4.69, 9.17) is 4.74 Å². The van der Waals surface area contributed by atoms with Crippen molar-refractivity contribution in [3.8, 4) is 0 Å². The molecule has 1 aliphatic heterocycles. The number of piperidine rings is 1. The molecule has 134 valence electrons. The van der Waals surface area contributed by atoms with E-state index in [0.29, 0.717) is 18.7 Å². The van der Waals surface area contributed by atoms with E-state index in [0.717, 1.165) is 24.0 Å². The Labute approximate surface area is 145 Å². The first-order valence-electron chi connectivity index (χ1n) is 8.36. The van der Waals surface area contributed by atoms with E-state index < -0.39 is 17.7 Å². The first kappa shape index (κ1) is 20.0. The topological polar surface area (TPSA) is 58.6 Å². The summed E-state index contributed by atoms with van der Waals surface area (Å²) in [7, 11) is 0. The molecule has 1 N–H and O–H groups in total. The lowest BCUT2D eigenvalue weighted by Crippen LogP contribution is -2.53. The van der Waals surface area contributed by atoms with Crippen LogP contribution in [0.2, 0.25) is 0 Å². The summed E-state index contributed by atoms with van der Waals surface area (Å²) in [6, 6.07) is -0.527. The second-order valence-electron chi connectivity index (χ2n) is 7.22. The Hall–Kier alpha value is -2.04. The average Bonchev–Trinajstić information content (AvgIpc) is 2.49. The Morgan fingerprint density at radius 1 is 1.25 bits per heavy atom. The average molecular weight is 334 g/mol. The monoisotopic (exact) mass is 334 g/mol. The minimum absolute atomic E-state index is 0.209. The summed E-state index contributed by atoms with van der Waals surface area (Å²) < 4.78 is 5.44. The maximum absolute atomic E-state index is 12.7. The van der Waals surface area contributed by atoms with Crippen LogP contribution in [0.1, 0.15) is 53.9 Å². The van der Waals surface area contributed by atoms with Crippen LogP contribution >= 0.6 is 0 Å². The summed E-state index contributed by atoms with van der Waals surface area (Å²) in [6.07, 6.45) is 3.64. The summed E-state index contributed by atoms with van der Waals surface area (Å²) >= 11 is 0. The third-order valence-corrected chi connectivity index (χ3v) is 3.81. The quantitative estimate of drug-likeness (QED) is 0.793. The molecule has 24 heavy (non-hydrogen) atoms. The molecule has 1 rings (SSSR count). The number of ether oxygens (including phenoxy) is 1. The van der Waals surface area contributed by atoms with Crippen LogP contribution in [-0.4, -0.2) is 35.1 Å². The van der Waals surface area contributed by atoms with Crippen molar-refractivity contribution in [3.05, 3.63) is 36.1 Å². The number of hydrogen-bond acceptors (Lipinski definition) is 3. The zero-order valence-corrected chi connectivity index (χ0v) is 15.6. The van der Waals surface area contributed by atoms with Crippen molar-refractivity contribution >= 4 is 12.0 Å². The van der Waals surface area contributed by atoms with Gasteiger partial charge >= 0.3 is 6.09 Å². The van der Waals surface area contributed by atoms with Crippen LogP contribution in [0.25, 0.3) is 0 Å². The van der Waals surface area contributed by atoms with Crippen LogP contribution in [-0.2, 0) is 9.53 Å². The highest BCUT2D eigenvalue weighted by Gasteiger charge is 2.35. The fourth-order valence-corrected chi connectivity index (χ4v) is 2.59. The number of nitrogens with zero attached hydrogens (tertiary/aromatic N) is 1.